The molecule has 2 amide bonds. The fourth-order valence-corrected chi connectivity index (χ4v) is 6.96. The summed E-state index contributed by atoms with van der Waals surface area (Å²) in [7, 11) is 0. The number of halogens is 1. The first kappa shape index (κ1) is 28.4. The minimum Gasteiger partial charge on any atom is -0.342 e. The van der Waals surface area contributed by atoms with E-state index in [-0.39, 0.29) is 23.7 Å². The number of piperidine rings is 1. The van der Waals surface area contributed by atoms with Crippen molar-refractivity contribution >= 4 is 24.2 Å². The Hall–Kier alpha value is -3.16. The quantitative estimate of drug-likeness (QED) is 0.417. The maximum Gasteiger partial charge on any atom is 0.229 e. The lowest BCUT2D eigenvalue weighted by Gasteiger charge is -2.39. The third-order valence-corrected chi connectivity index (χ3v) is 9.31. The van der Waals surface area contributed by atoms with Gasteiger partial charge in [-0.05, 0) is 67.6 Å². The average Bonchev–Trinajstić information content (AvgIpc) is 3.73. The van der Waals surface area contributed by atoms with Crippen molar-refractivity contribution in [2.75, 3.05) is 39.3 Å². The highest BCUT2D eigenvalue weighted by molar-refractivity contribution is 5.85. The molecule has 3 aliphatic heterocycles. The van der Waals surface area contributed by atoms with Gasteiger partial charge < -0.3 is 14.7 Å². The van der Waals surface area contributed by atoms with Gasteiger partial charge in [-0.3, -0.25) is 9.59 Å². The van der Waals surface area contributed by atoms with Crippen molar-refractivity contribution in [1.29, 1.82) is 0 Å². The molecule has 3 saturated heterocycles. The number of aromatic nitrogens is 2. The van der Waals surface area contributed by atoms with Gasteiger partial charge in [0.05, 0.1) is 11.1 Å². The predicted octanol–water partition coefficient (Wildman–Crippen LogP) is 4.76. The molecule has 0 bridgehead atoms. The summed E-state index contributed by atoms with van der Waals surface area (Å²) in [6.45, 7) is 8.02. The highest BCUT2D eigenvalue weighted by Crippen LogP contribution is 2.43. The molecular formula is C32H40ClN5O2. The third kappa shape index (κ3) is 5.68. The Bertz CT molecular complexity index is 1270. The Kier molecular flexibility index (Phi) is 8.62. The van der Waals surface area contributed by atoms with E-state index in [1.54, 1.807) is 6.20 Å². The Balaban J connectivity index is 0.00000323. The van der Waals surface area contributed by atoms with E-state index in [1.165, 1.54) is 5.56 Å². The van der Waals surface area contributed by atoms with Gasteiger partial charge in [0.2, 0.25) is 11.8 Å². The summed E-state index contributed by atoms with van der Waals surface area (Å²) in [6, 6.07) is 20.9. The smallest absolute Gasteiger partial charge is 0.229 e. The lowest BCUT2D eigenvalue weighted by atomic mass is 9.76. The second kappa shape index (κ2) is 12.1. The Morgan fingerprint density at radius 3 is 2.35 bits per heavy atom. The molecule has 1 spiro atoms. The van der Waals surface area contributed by atoms with E-state index >= 15 is 0 Å². The molecule has 40 heavy (non-hydrogen) atoms. The van der Waals surface area contributed by atoms with Crippen LogP contribution in [0.3, 0.4) is 0 Å². The van der Waals surface area contributed by atoms with E-state index < -0.39 is 0 Å². The lowest BCUT2D eigenvalue weighted by molar-refractivity contribution is -0.139. The monoisotopic (exact) mass is 561 g/mol. The molecule has 2 unspecified atom stereocenters. The van der Waals surface area contributed by atoms with Crippen molar-refractivity contribution in [3.05, 3.63) is 84.2 Å². The van der Waals surface area contributed by atoms with E-state index in [0.29, 0.717) is 30.7 Å². The molecule has 0 N–H and O–H groups in total. The van der Waals surface area contributed by atoms with Gasteiger partial charge in [0.1, 0.15) is 0 Å². The highest BCUT2D eigenvalue weighted by Gasteiger charge is 2.48. The van der Waals surface area contributed by atoms with Crippen LogP contribution in [0.4, 0.5) is 0 Å². The number of likely N-dealkylation sites (tertiary alicyclic amines) is 3. The lowest BCUT2D eigenvalue weighted by Crippen LogP contribution is -2.46. The van der Waals surface area contributed by atoms with Crippen LogP contribution < -0.4 is 0 Å². The van der Waals surface area contributed by atoms with Gasteiger partial charge in [-0.1, -0.05) is 49.4 Å². The van der Waals surface area contributed by atoms with Crippen LogP contribution in [0.25, 0.3) is 5.69 Å². The zero-order valence-electron chi connectivity index (χ0n) is 23.3. The summed E-state index contributed by atoms with van der Waals surface area (Å²) >= 11 is 0. The number of amides is 2. The van der Waals surface area contributed by atoms with Crippen molar-refractivity contribution < 1.29 is 9.59 Å². The molecule has 0 aliphatic carbocycles. The first-order chi connectivity index (χ1) is 19.0. The van der Waals surface area contributed by atoms with Gasteiger partial charge in [0.15, 0.2) is 0 Å². The summed E-state index contributed by atoms with van der Waals surface area (Å²) in [5.74, 6) is 1.39. The van der Waals surface area contributed by atoms with Crippen LogP contribution in [-0.4, -0.2) is 75.6 Å². The van der Waals surface area contributed by atoms with Crippen LogP contribution >= 0.6 is 12.4 Å². The Labute approximate surface area is 243 Å². The van der Waals surface area contributed by atoms with Crippen molar-refractivity contribution in [2.24, 2.45) is 11.3 Å². The normalized spacial score (nSPS) is 22.6. The van der Waals surface area contributed by atoms with Crippen LogP contribution in [0.15, 0.2) is 73.1 Å². The van der Waals surface area contributed by atoms with Crippen molar-refractivity contribution in [2.45, 2.75) is 45.1 Å². The largest absolute Gasteiger partial charge is 0.342 e. The molecule has 4 heterocycles. The summed E-state index contributed by atoms with van der Waals surface area (Å²) in [5, 5.41) is 4.29. The third-order valence-electron chi connectivity index (χ3n) is 9.31. The van der Waals surface area contributed by atoms with Gasteiger partial charge in [0.25, 0.3) is 0 Å². The van der Waals surface area contributed by atoms with Gasteiger partial charge >= 0.3 is 0 Å². The fraction of sp³-hybridized carbons (Fsp3) is 0.469. The standard InChI is InChI=1S/C32H39N5O2.ClH/c1-2-30(38)36-23-27(29(24-36)26-7-4-3-5-8-26)22-34-18-13-32(14-19-34)15-20-35(31(32)39)21-25-9-11-28(12-10-25)37-17-6-16-33-37;/h3-12,16-17,27,29H,2,13-15,18-24H2,1H3;1H. The molecule has 3 aromatic rings. The van der Waals surface area contributed by atoms with Crippen LogP contribution in [0.2, 0.25) is 0 Å². The summed E-state index contributed by atoms with van der Waals surface area (Å²) < 4.78 is 1.85. The van der Waals surface area contributed by atoms with E-state index in [2.05, 4.69) is 74.4 Å². The van der Waals surface area contributed by atoms with Crippen LogP contribution in [0.5, 0.6) is 0 Å². The molecular weight excluding hydrogens is 522 g/mol. The SMILES string of the molecule is CCC(=O)N1CC(CN2CCC3(CC2)CCN(Cc2ccc(-n4cccn4)cc2)C3=O)C(c2ccccc2)C1.Cl. The highest BCUT2D eigenvalue weighted by atomic mass is 35.5. The average molecular weight is 562 g/mol. The molecule has 6 rings (SSSR count). The number of nitrogens with zero attached hydrogens (tertiary/aromatic N) is 5. The van der Waals surface area contributed by atoms with Crippen molar-refractivity contribution in [1.82, 2.24) is 24.5 Å². The second-order valence-electron chi connectivity index (χ2n) is 11.6. The van der Waals surface area contributed by atoms with Crippen LogP contribution in [0, 0.1) is 11.3 Å². The number of hydrogen-bond acceptors (Lipinski definition) is 4. The van der Waals surface area contributed by atoms with Crippen molar-refractivity contribution in [3.8, 4) is 5.69 Å². The Morgan fingerprint density at radius 2 is 1.68 bits per heavy atom. The number of carbonyl (C=O) groups is 2. The van der Waals surface area contributed by atoms with E-state index in [9.17, 15) is 9.59 Å². The molecule has 0 saturated carbocycles. The van der Waals surface area contributed by atoms with Gasteiger partial charge in [-0.25, -0.2) is 4.68 Å². The molecule has 8 heteroatoms. The molecule has 2 atom stereocenters. The summed E-state index contributed by atoms with van der Waals surface area (Å²) in [6.07, 6.45) is 7.10. The fourth-order valence-electron chi connectivity index (χ4n) is 6.96. The van der Waals surface area contributed by atoms with Crippen LogP contribution in [-0.2, 0) is 16.1 Å². The number of rotatable bonds is 7. The zero-order valence-corrected chi connectivity index (χ0v) is 24.1. The summed E-state index contributed by atoms with van der Waals surface area (Å²) in [4.78, 5) is 32.8. The molecule has 2 aromatic carbocycles. The maximum absolute atomic E-state index is 13.6. The first-order valence-electron chi connectivity index (χ1n) is 14.5. The Morgan fingerprint density at radius 1 is 0.950 bits per heavy atom. The molecule has 3 aliphatic rings. The van der Waals surface area contributed by atoms with Crippen LogP contribution in [0.1, 0.15) is 49.7 Å². The predicted molar refractivity (Wildman–Crippen MR) is 158 cm³/mol. The van der Waals surface area contributed by atoms with Gasteiger partial charge in [-0.2, -0.15) is 5.10 Å². The number of carbonyl (C=O) groups excluding carboxylic acids is 2. The minimum absolute atomic E-state index is 0. The van der Waals surface area contributed by atoms with Crippen molar-refractivity contribution in [3.63, 3.8) is 0 Å². The van der Waals surface area contributed by atoms with Gasteiger partial charge in [0, 0.05) is 57.5 Å². The molecule has 0 radical (unpaired) electrons. The molecule has 212 valence electrons. The maximum atomic E-state index is 13.6. The first-order valence-corrected chi connectivity index (χ1v) is 14.5. The van der Waals surface area contributed by atoms with E-state index in [1.807, 2.05) is 23.9 Å². The topological polar surface area (TPSA) is 61.7 Å². The number of hydrogen-bond donors (Lipinski definition) is 0. The second-order valence-corrected chi connectivity index (χ2v) is 11.6. The minimum atomic E-state index is -0.204. The molecule has 1 aromatic heterocycles. The molecule has 7 nitrogen and oxygen atoms in total. The number of benzene rings is 2. The van der Waals surface area contributed by atoms with Gasteiger partial charge in [-0.15, -0.1) is 12.4 Å². The molecule has 3 fully saturated rings. The van der Waals surface area contributed by atoms with E-state index in [4.69, 9.17) is 0 Å². The summed E-state index contributed by atoms with van der Waals surface area (Å²) in [5.41, 5.74) is 3.32. The zero-order chi connectivity index (χ0) is 26.8. The van der Waals surface area contributed by atoms with E-state index in [0.717, 1.165) is 69.8 Å².